The fourth-order valence-electron chi connectivity index (χ4n) is 3.01. The number of halogens is 1. The monoisotopic (exact) mass is 526 g/mol. The topological polar surface area (TPSA) is 92.3 Å². The van der Waals surface area contributed by atoms with Gasteiger partial charge in [-0.2, -0.15) is 0 Å². The van der Waals surface area contributed by atoms with Crippen molar-refractivity contribution in [3.05, 3.63) is 23.3 Å². The minimum Gasteiger partial charge on any atom is -0.493 e. The lowest BCUT2D eigenvalue weighted by Gasteiger charge is -2.32. The van der Waals surface area contributed by atoms with Gasteiger partial charge >= 0.3 is 0 Å². The van der Waals surface area contributed by atoms with Crippen LogP contribution < -0.4 is 19.5 Å². The number of nitrogens with one attached hydrogen (secondary N) is 2. The standard InChI is InChI=1S/C18H30N4O4S.HI/c1-5-19-18(20-8-6-9-21-27(4,23)24)22-10-7-14-11-16(25-2)17(26-3)12-15(14)13-22;/h11-12,21H,5-10,13H2,1-4H3,(H,19,20);1H. The highest BCUT2D eigenvalue weighted by Gasteiger charge is 2.21. The molecule has 0 radical (unpaired) electrons. The maximum Gasteiger partial charge on any atom is 0.208 e. The predicted molar refractivity (Wildman–Crippen MR) is 123 cm³/mol. The van der Waals surface area contributed by atoms with Crippen LogP contribution in [0.1, 0.15) is 24.5 Å². The number of methoxy groups -OCH3 is 2. The molecule has 160 valence electrons. The molecule has 1 aliphatic heterocycles. The van der Waals surface area contributed by atoms with Gasteiger partial charge in [0, 0.05) is 32.7 Å². The van der Waals surface area contributed by atoms with E-state index in [1.54, 1.807) is 14.2 Å². The molecule has 1 aromatic carbocycles. The van der Waals surface area contributed by atoms with Crippen LogP contribution in [0.2, 0.25) is 0 Å². The summed E-state index contributed by atoms with van der Waals surface area (Å²) in [6.45, 7) is 5.35. The Kier molecular flexibility index (Phi) is 10.3. The van der Waals surface area contributed by atoms with E-state index in [1.807, 2.05) is 19.1 Å². The van der Waals surface area contributed by atoms with Crippen molar-refractivity contribution in [2.45, 2.75) is 26.3 Å². The molecule has 28 heavy (non-hydrogen) atoms. The Balaban J connectivity index is 0.00000392. The molecule has 2 rings (SSSR count). The summed E-state index contributed by atoms with van der Waals surface area (Å²) in [5, 5.41) is 3.32. The minimum absolute atomic E-state index is 0. The van der Waals surface area contributed by atoms with Crippen LogP contribution in [0.3, 0.4) is 0 Å². The molecule has 0 unspecified atom stereocenters. The molecule has 0 atom stereocenters. The van der Waals surface area contributed by atoms with Crippen LogP contribution in [0.25, 0.3) is 0 Å². The summed E-state index contributed by atoms with van der Waals surface area (Å²) < 4.78 is 35.5. The fraction of sp³-hybridized carbons (Fsp3) is 0.611. The lowest BCUT2D eigenvalue weighted by molar-refractivity contribution is 0.346. The van der Waals surface area contributed by atoms with Crippen molar-refractivity contribution in [3.8, 4) is 11.5 Å². The number of sulfonamides is 1. The predicted octanol–water partition coefficient (Wildman–Crippen LogP) is 1.58. The van der Waals surface area contributed by atoms with Crippen molar-refractivity contribution in [2.24, 2.45) is 4.99 Å². The zero-order valence-electron chi connectivity index (χ0n) is 16.9. The number of nitrogens with zero attached hydrogens (tertiary/aromatic N) is 2. The number of aliphatic imine (C=N–C) groups is 1. The Morgan fingerprint density at radius 3 is 2.43 bits per heavy atom. The molecule has 0 saturated carbocycles. The summed E-state index contributed by atoms with van der Waals surface area (Å²) in [7, 11) is 0.139. The number of fused-ring (bicyclic) bond motifs is 1. The van der Waals surface area contributed by atoms with E-state index >= 15 is 0 Å². The maximum absolute atomic E-state index is 11.1. The van der Waals surface area contributed by atoms with Gasteiger partial charge in [-0.15, -0.1) is 24.0 Å². The van der Waals surface area contributed by atoms with E-state index in [0.29, 0.717) is 19.5 Å². The highest BCUT2D eigenvalue weighted by atomic mass is 127. The average molecular weight is 526 g/mol. The van der Waals surface area contributed by atoms with Gasteiger partial charge in [-0.1, -0.05) is 0 Å². The van der Waals surface area contributed by atoms with Gasteiger partial charge in [-0.3, -0.25) is 4.99 Å². The highest BCUT2D eigenvalue weighted by molar-refractivity contribution is 14.0. The number of hydrogen-bond donors (Lipinski definition) is 2. The summed E-state index contributed by atoms with van der Waals surface area (Å²) in [6, 6.07) is 4.08. The van der Waals surface area contributed by atoms with E-state index in [4.69, 9.17) is 9.47 Å². The Morgan fingerprint density at radius 2 is 1.86 bits per heavy atom. The Hall–Kier alpha value is -1.27. The second-order valence-electron chi connectivity index (χ2n) is 6.40. The first-order valence-corrected chi connectivity index (χ1v) is 11.0. The molecule has 8 nitrogen and oxygen atoms in total. The van der Waals surface area contributed by atoms with Gasteiger partial charge in [-0.25, -0.2) is 13.1 Å². The summed E-state index contributed by atoms with van der Waals surface area (Å²) >= 11 is 0. The van der Waals surface area contributed by atoms with Gasteiger partial charge in [0.2, 0.25) is 10.0 Å². The first kappa shape index (κ1) is 24.8. The summed E-state index contributed by atoms with van der Waals surface area (Å²) in [6.07, 6.45) is 2.71. The smallest absolute Gasteiger partial charge is 0.208 e. The van der Waals surface area contributed by atoms with Gasteiger partial charge in [0.1, 0.15) is 0 Å². The quantitative estimate of drug-likeness (QED) is 0.232. The highest BCUT2D eigenvalue weighted by Crippen LogP contribution is 2.33. The first-order chi connectivity index (χ1) is 12.9. The molecular formula is C18H31IN4O4S. The fourth-order valence-corrected chi connectivity index (χ4v) is 3.53. The van der Waals surface area contributed by atoms with Crippen LogP contribution >= 0.6 is 24.0 Å². The van der Waals surface area contributed by atoms with Crippen molar-refractivity contribution in [3.63, 3.8) is 0 Å². The van der Waals surface area contributed by atoms with Crippen molar-refractivity contribution in [2.75, 3.05) is 46.7 Å². The molecule has 1 aromatic rings. The van der Waals surface area contributed by atoms with E-state index in [2.05, 4.69) is 19.9 Å². The van der Waals surface area contributed by atoms with Gasteiger partial charge in [0.15, 0.2) is 17.5 Å². The van der Waals surface area contributed by atoms with Crippen LogP contribution in [0.15, 0.2) is 17.1 Å². The van der Waals surface area contributed by atoms with Gasteiger partial charge in [-0.05, 0) is 43.0 Å². The number of rotatable bonds is 8. The van der Waals surface area contributed by atoms with E-state index in [9.17, 15) is 8.42 Å². The van der Waals surface area contributed by atoms with Crippen molar-refractivity contribution >= 4 is 40.0 Å². The molecule has 0 spiro atoms. The SMILES string of the molecule is CCNC(=NCCCNS(C)(=O)=O)N1CCc2cc(OC)c(OC)cc2C1.I. The normalized spacial score (nSPS) is 14.1. The second kappa shape index (κ2) is 11.7. The van der Waals surface area contributed by atoms with Crippen LogP contribution in [0.5, 0.6) is 11.5 Å². The van der Waals surface area contributed by atoms with Crippen LogP contribution in [-0.4, -0.2) is 65.9 Å². The molecule has 0 fully saturated rings. The molecule has 1 aliphatic rings. The van der Waals surface area contributed by atoms with Crippen molar-refractivity contribution in [1.82, 2.24) is 14.9 Å². The number of guanidine groups is 1. The van der Waals surface area contributed by atoms with Gasteiger partial charge in [0.05, 0.1) is 20.5 Å². The van der Waals surface area contributed by atoms with Crippen LogP contribution in [0, 0.1) is 0 Å². The molecule has 0 saturated heterocycles. The Morgan fingerprint density at radius 1 is 1.21 bits per heavy atom. The molecular weight excluding hydrogens is 495 g/mol. The third-order valence-electron chi connectivity index (χ3n) is 4.31. The number of hydrogen-bond acceptors (Lipinski definition) is 5. The largest absolute Gasteiger partial charge is 0.493 e. The van der Waals surface area contributed by atoms with Crippen molar-refractivity contribution < 1.29 is 17.9 Å². The van der Waals surface area contributed by atoms with E-state index < -0.39 is 10.0 Å². The van der Waals surface area contributed by atoms with E-state index in [0.717, 1.165) is 49.8 Å². The lowest BCUT2D eigenvalue weighted by atomic mass is 9.99. The summed E-state index contributed by atoms with van der Waals surface area (Å²) in [4.78, 5) is 6.86. The van der Waals surface area contributed by atoms with E-state index in [-0.39, 0.29) is 24.0 Å². The molecule has 0 aliphatic carbocycles. The lowest BCUT2D eigenvalue weighted by Crippen LogP contribution is -2.44. The molecule has 10 heteroatoms. The minimum atomic E-state index is -3.15. The average Bonchev–Trinajstić information content (AvgIpc) is 2.64. The van der Waals surface area contributed by atoms with Gasteiger partial charge in [0.25, 0.3) is 0 Å². The zero-order valence-corrected chi connectivity index (χ0v) is 20.1. The Bertz CT molecular complexity index is 771. The van der Waals surface area contributed by atoms with Crippen LogP contribution in [-0.2, 0) is 23.0 Å². The number of benzene rings is 1. The van der Waals surface area contributed by atoms with E-state index in [1.165, 1.54) is 11.1 Å². The molecule has 2 N–H and O–H groups in total. The second-order valence-corrected chi connectivity index (χ2v) is 8.24. The maximum atomic E-state index is 11.1. The Labute approximate surface area is 185 Å². The number of ether oxygens (including phenoxy) is 2. The van der Waals surface area contributed by atoms with Gasteiger partial charge < -0.3 is 19.7 Å². The summed E-state index contributed by atoms with van der Waals surface area (Å²) in [5.74, 6) is 2.33. The summed E-state index contributed by atoms with van der Waals surface area (Å²) in [5.41, 5.74) is 2.46. The third-order valence-corrected chi connectivity index (χ3v) is 5.04. The molecule has 1 heterocycles. The van der Waals surface area contributed by atoms with Crippen LogP contribution in [0.4, 0.5) is 0 Å². The molecule has 0 aromatic heterocycles. The molecule has 0 amide bonds. The van der Waals surface area contributed by atoms with Crippen molar-refractivity contribution in [1.29, 1.82) is 0 Å². The molecule has 0 bridgehead atoms. The third kappa shape index (κ3) is 7.28. The zero-order chi connectivity index (χ0) is 19.9. The first-order valence-electron chi connectivity index (χ1n) is 9.09.